The molecule has 1 aromatic heterocycles. The van der Waals surface area contributed by atoms with E-state index in [4.69, 9.17) is 4.74 Å². The Morgan fingerprint density at radius 3 is 2.75 bits per heavy atom. The first-order valence-electron chi connectivity index (χ1n) is 5.90. The second-order valence-corrected chi connectivity index (χ2v) is 5.51. The first kappa shape index (κ1) is 12.0. The maximum atomic E-state index is 5.35. The van der Waals surface area contributed by atoms with Gasteiger partial charge in [0.05, 0.1) is 12.1 Å². The standard InChI is InChI=1S/C12H20N2OS/c1-8(9(2)15-3)14-11(10-4-5-10)12-13-6-7-16-12/h6-11,14H,4-5H2,1-3H3. The second-order valence-electron chi connectivity index (χ2n) is 4.58. The number of nitrogens with one attached hydrogen (secondary N) is 1. The normalized spacial score (nSPS) is 21.7. The van der Waals surface area contributed by atoms with Crippen molar-refractivity contribution in [3.05, 3.63) is 16.6 Å². The van der Waals surface area contributed by atoms with Crippen molar-refractivity contribution in [2.24, 2.45) is 5.92 Å². The Morgan fingerprint density at radius 1 is 1.50 bits per heavy atom. The Hall–Kier alpha value is -0.450. The van der Waals surface area contributed by atoms with Gasteiger partial charge in [0.25, 0.3) is 0 Å². The molecule has 1 fully saturated rings. The predicted octanol–water partition coefficient (Wildman–Crippen LogP) is 2.61. The SMILES string of the molecule is COC(C)C(C)NC(c1nccs1)C1CC1. The minimum absolute atomic E-state index is 0.237. The zero-order chi connectivity index (χ0) is 11.5. The molecular weight excluding hydrogens is 220 g/mol. The molecule has 1 aromatic rings. The van der Waals surface area contributed by atoms with E-state index in [1.165, 1.54) is 17.8 Å². The Balaban J connectivity index is 1.98. The maximum absolute atomic E-state index is 5.35. The van der Waals surface area contributed by atoms with Crippen LogP contribution < -0.4 is 5.32 Å². The Kier molecular flexibility index (Phi) is 3.95. The molecule has 3 atom stereocenters. The van der Waals surface area contributed by atoms with Crippen molar-refractivity contribution in [1.29, 1.82) is 0 Å². The molecule has 0 saturated heterocycles. The van der Waals surface area contributed by atoms with Gasteiger partial charge in [0.1, 0.15) is 5.01 Å². The van der Waals surface area contributed by atoms with Crippen LogP contribution >= 0.6 is 11.3 Å². The lowest BCUT2D eigenvalue weighted by Crippen LogP contribution is -2.39. The van der Waals surface area contributed by atoms with E-state index >= 15 is 0 Å². The molecule has 1 N–H and O–H groups in total. The Labute approximate surface area is 101 Å². The lowest BCUT2D eigenvalue weighted by atomic mass is 10.1. The van der Waals surface area contributed by atoms with Crippen molar-refractivity contribution in [3.8, 4) is 0 Å². The van der Waals surface area contributed by atoms with Gasteiger partial charge >= 0.3 is 0 Å². The average molecular weight is 240 g/mol. The lowest BCUT2D eigenvalue weighted by molar-refractivity contribution is 0.0831. The summed E-state index contributed by atoms with van der Waals surface area (Å²) in [6.45, 7) is 4.28. The largest absolute Gasteiger partial charge is 0.380 e. The molecule has 2 rings (SSSR count). The molecule has 0 aromatic carbocycles. The lowest BCUT2D eigenvalue weighted by Gasteiger charge is -2.25. The summed E-state index contributed by atoms with van der Waals surface area (Å²) in [7, 11) is 1.76. The van der Waals surface area contributed by atoms with Crippen LogP contribution in [-0.4, -0.2) is 24.2 Å². The summed E-state index contributed by atoms with van der Waals surface area (Å²) >= 11 is 1.75. The van der Waals surface area contributed by atoms with E-state index in [-0.39, 0.29) is 6.10 Å². The molecular formula is C12H20N2OS. The quantitative estimate of drug-likeness (QED) is 0.830. The van der Waals surface area contributed by atoms with Crippen molar-refractivity contribution in [1.82, 2.24) is 10.3 Å². The van der Waals surface area contributed by atoms with E-state index in [0.29, 0.717) is 12.1 Å². The molecule has 0 radical (unpaired) electrons. The number of ether oxygens (including phenoxy) is 1. The fourth-order valence-corrected chi connectivity index (χ4v) is 2.64. The molecule has 0 aliphatic heterocycles. The Morgan fingerprint density at radius 2 is 2.25 bits per heavy atom. The van der Waals surface area contributed by atoms with Gasteiger partial charge in [0, 0.05) is 24.7 Å². The van der Waals surface area contributed by atoms with Crippen LogP contribution in [0.2, 0.25) is 0 Å². The highest BCUT2D eigenvalue weighted by Gasteiger charge is 2.35. The van der Waals surface area contributed by atoms with Crippen LogP contribution in [0.1, 0.15) is 37.7 Å². The van der Waals surface area contributed by atoms with Crippen LogP contribution in [0.25, 0.3) is 0 Å². The van der Waals surface area contributed by atoms with E-state index in [2.05, 4.69) is 29.5 Å². The second kappa shape index (κ2) is 5.25. The molecule has 1 aliphatic rings. The third kappa shape index (κ3) is 2.81. The predicted molar refractivity (Wildman–Crippen MR) is 66.6 cm³/mol. The minimum atomic E-state index is 0.237. The summed E-state index contributed by atoms with van der Waals surface area (Å²) in [5.41, 5.74) is 0. The van der Waals surface area contributed by atoms with Crippen LogP contribution in [0.15, 0.2) is 11.6 Å². The van der Waals surface area contributed by atoms with Gasteiger partial charge in [0.15, 0.2) is 0 Å². The molecule has 1 heterocycles. The third-order valence-electron chi connectivity index (χ3n) is 3.33. The van der Waals surface area contributed by atoms with Gasteiger partial charge in [-0.25, -0.2) is 4.98 Å². The summed E-state index contributed by atoms with van der Waals surface area (Å²) in [5.74, 6) is 0.776. The molecule has 16 heavy (non-hydrogen) atoms. The van der Waals surface area contributed by atoms with Gasteiger partial charge < -0.3 is 10.1 Å². The van der Waals surface area contributed by atoms with Crippen LogP contribution in [0.3, 0.4) is 0 Å². The highest BCUT2D eigenvalue weighted by Crippen LogP contribution is 2.41. The molecule has 1 saturated carbocycles. The van der Waals surface area contributed by atoms with E-state index in [0.717, 1.165) is 5.92 Å². The van der Waals surface area contributed by atoms with Crippen molar-refractivity contribution in [3.63, 3.8) is 0 Å². The van der Waals surface area contributed by atoms with Gasteiger partial charge in [-0.15, -0.1) is 11.3 Å². The molecule has 3 unspecified atom stereocenters. The highest BCUT2D eigenvalue weighted by molar-refractivity contribution is 7.09. The molecule has 90 valence electrons. The number of rotatable bonds is 6. The van der Waals surface area contributed by atoms with Crippen molar-refractivity contribution in [2.75, 3.05) is 7.11 Å². The summed E-state index contributed by atoms with van der Waals surface area (Å²) in [6.07, 6.45) is 4.78. The van der Waals surface area contributed by atoms with Gasteiger partial charge in [-0.1, -0.05) is 0 Å². The Bertz CT molecular complexity index is 311. The summed E-state index contributed by atoms with van der Waals surface area (Å²) in [5, 5.41) is 6.93. The molecule has 1 aliphatic carbocycles. The number of aromatic nitrogens is 1. The first-order valence-corrected chi connectivity index (χ1v) is 6.78. The van der Waals surface area contributed by atoms with Gasteiger partial charge in [-0.05, 0) is 32.6 Å². The topological polar surface area (TPSA) is 34.1 Å². The van der Waals surface area contributed by atoms with E-state index in [1.54, 1.807) is 18.4 Å². The van der Waals surface area contributed by atoms with Crippen LogP contribution in [0, 0.1) is 5.92 Å². The number of hydrogen-bond acceptors (Lipinski definition) is 4. The molecule has 0 spiro atoms. The van der Waals surface area contributed by atoms with E-state index < -0.39 is 0 Å². The monoisotopic (exact) mass is 240 g/mol. The average Bonchev–Trinajstić information content (AvgIpc) is 2.99. The van der Waals surface area contributed by atoms with Crippen molar-refractivity contribution >= 4 is 11.3 Å². The molecule has 3 nitrogen and oxygen atoms in total. The smallest absolute Gasteiger partial charge is 0.110 e. The van der Waals surface area contributed by atoms with Gasteiger partial charge in [-0.2, -0.15) is 0 Å². The number of hydrogen-bond donors (Lipinski definition) is 1. The van der Waals surface area contributed by atoms with Crippen LogP contribution in [-0.2, 0) is 4.74 Å². The summed E-state index contributed by atoms with van der Waals surface area (Å²) in [6, 6.07) is 0.784. The van der Waals surface area contributed by atoms with Crippen molar-refractivity contribution in [2.45, 2.75) is 44.9 Å². The van der Waals surface area contributed by atoms with E-state index in [9.17, 15) is 0 Å². The van der Waals surface area contributed by atoms with Crippen LogP contribution in [0.5, 0.6) is 0 Å². The first-order chi connectivity index (χ1) is 7.72. The fraction of sp³-hybridized carbons (Fsp3) is 0.750. The highest BCUT2D eigenvalue weighted by atomic mass is 32.1. The van der Waals surface area contributed by atoms with Crippen molar-refractivity contribution < 1.29 is 4.74 Å². The van der Waals surface area contributed by atoms with Gasteiger partial charge in [-0.3, -0.25) is 0 Å². The number of thiazole rings is 1. The van der Waals surface area contributed by atoms with Gasteiger partial charge in [0.2, 0.25) is 0 Å². The number of methoxy groups -OCH3 is 1. The van der Waals surface area contributed by atoms with E-state index in [1.807, 2.05) is 6.20 Å². The zero-order valence-electron chi connectivity index (χ0n) is 10.1. The maximum Gasteiger partial charge on any atom is 0.110 e. The summed E-state index contributed by atoms with van der Waals surface area (Å²) < 4.78 is 5.35. The number of nitrogens with zero attached hydrogens (tertiary/aromatic N) is 1. The third-order valence-corrected chi connectivity index (χ3v) is 4.19. The molecule has 0 bridgehead atoms. The zero-order valence-corrected chi connectivity index (χ0v) is 11.0. The fourth-order valence-electron chi connectivity index (χ4n) is 1.85. The minimum Gasteiger partial charge on any atom is -0.380 e. The molecule has 4 heteroatoms. The summed E-state index contributed by atoms with van der Waals surface area (Å²) in [4.78, 5) is 4.43. The molecule has 0 amide bonds. The van der Waals surface area contributed by atoms with Crippen LogP contribution in [0.4, 0.5) is 0 Å².